The third-order valence-electron chi connectivity index (χ3n) is 6.68. The molecule has 1 aliphatic carbocycles. The summed E-state index contributed by atoms with van der Waals surface area (Å²) in [5.41, 5.74) is 9.01. The van der Waals surface area contributed by atoms with Crippen molar-refractivity contribution in [2.45, 2.75) is 44.4 Å². The van der Waals surface area contributed by atoms with Crippen molar-refractivity contribution in [1.82, 2.24) is 29.3 Å². The van der Waals surface area contributed by atoms with Crippen LogP contribution >= 0.6 is 11.6 Å². The van der Waals surface area contributed by atoms with Crippen molar-refractivity contribution >= 4 is 34.8 Å². The second kappa shape index (κ2) is 7.73. The van der Waals surface area contributed by atoms with Crippen molar-refractivity contribution in [3.05, 3.63) is 58.9 Å². The highest BCUT2D eigenvalue weighted by Crippen LogP contribution is 2.57. The van der Waals surface area contributed by atoms with Crippen molar-refractivity contribution < 1.29 is 4.79 Å². The highest BCUT2D eigenvalue weighted by molar-refractivity contribution is 6.30. The number of pyridine rings is 1. The van der Waals surface area contributed by atoms with E-state index < -0.39 is 5.41 Å². The number of rotatable bonds is 6. The molecule has 0 bridgehead atoms. The van der Waals surface area contributed by atoms with E-state index in [-0.39, 0.29) is 17.6 Å². The number of imidazole rings is 1. The maximum Gasteiger partial charge on any atom is 0.242 e. The predicted octanol–water partition coefficient (Wildman–Crippen LogP) is 3.81. The number of aromatic nitrogens is 6. The normalized spacial score (nSPS) is 19.4. The predicted molar refractivity (Wildman–Crippen MR) is 128 cm³/mol. The van der Waals surface area contributed by atoms with E-state index in [0.29, 0.717) is 33.6 Å². The fourth-order valence-corrected chi connectivity index (χ4v) is 5.09. The van der Waals surface area contributed by atoms with Gasteiger partial charge in [-0.2, -0.15) is 0 Å². The van der Waals surface area contributed by atoms with Crippen LogP contribution in [0.25, 0.3) is 17.2 Å². The average Bonchev–Trinajstić information content (AvgIpc) is 3.48. The molecule has 6 rings (SSSR count). The summed E-state index contributed by atoms with van der Waals surface area (Å²) in [5, 5.41) is 3.47. The van der Waals surface area contributed by atoms with Crippen LogP contribution < -0.4 is 11.1 Å². The first kappa shape index (κ1) is 21.0. The molecule has 1 aliphatic heterocycles. The quantitative estimate of drug-likeness (QED) is 0.435. The number of carbonyl (C=O) groups excluding carboxylic acids is 1. The number of unbranched alkanes of at least 4 members (excludes halogenated alkanes) is 1. The molecule has 2 aliphatic rings. The van der Waals surface area contributed by atoms with Gasteiger partial charge in [-0.25, -0.2) is 19.9 Å². The Morgan fingerprint density at radius 2 is 2.09 bits per heavy atom. The monoisotopic (exact) mass is 474 g/mol. The SMILES string of the molecule is CCCCc1nc(-c2nc(N)c3c(n2)NC(=O)C3(c2ccc(Cl)cn2)C2CC2)cn2ccnc12. The van der Waals surface area contributed by atoms with E-state index in [4.69, 9.17) is 27.3 Å². The lowest BCUT2D eigenvalue weighted by Crippen LogP contribution is -2.39. The number of nitrogen functional groups attached to an aromatic ring is 1. The van der Waals surface area contributed by atoms with Crippen LogP contribution in [-0.2, 0) is 16.6 Å². The standard InChI is InChI=1S/C24H23ClN8O/c1-2-3-4-15-22-27-9-10-33(22)12-16(29-15)20-30-19(26)18-21(31-20)32-23(34)24(18,13-5-6-13)17-8-7-14(25)11-28-17/h7-13H,2-6H2,1H3,(H3,26,30,31,32,34). The van der Waals surface area contributed by atoms with E-state index >= 15 is 0 Å². The molecule has 34 heavy (non-hydrogen) atoms. The van der Waals surface area contributed by atoms with Gasteiger partial charge < -0.3 is 15.5 Å². The largest absolute Gasteiger partial charge is 0.383 e. The Labute approximate surface area is 200 Å². The smallest absolute Gasteiger partial charge is 0.242 e. The van der Waals surface area contributed by atoms with Gasteiger partial charge in [0.2, 0.25) is 5.91 Å². The first-order valence-electron chi connectivity index (χ1n) is 11.5. The van der Waals surface area contributed by atoms with Gasteiger partial charge >= 0.3 is 0 Å². The fourth-order valence-electron chi connectivity index (χ4n) is 4.98. The molecule has 0 radical (unpaired) electrons. The number of hydrogen-bond acceptors (Lipinski definition) is 7. The van der Waals surface area contributed by atoms with Gasteiger partial charge in [-0.1, -0.05) is 24.9 Å². The number of hydrogen-bond donors (Lipinski definition) is 2. The molecule has 9 nitrogen and oxygen atoms in total. The summed E-state index contributed by atoms with van der Waals surface area (Å²) in [6.07, 6.45) is 11.7. The first-order chi connectivity index (χ1) is 16.5. The topological polar surface area (TPSA) is 124 Å². The third-order valence-corrected chi connectivity index (χ3v) is 6.91. The van der Waals surface area contributed by atoms with Crippen LogP contribution in [0.2, 0.25) is 5.02 Å². The van der Waals surface area contributed by atoms with Crippen LogP contribution in [0.1, 0.15) is 49.6 Å². The van der Waals surface area contributed by atoms with Crippen LogP contribution in [0.15, 0.2) is 36.9 Å². The molecule has 172 valence electrons. The Morgan fingerprint density at radius 1 is 1.24 bits per heavy atom. The van der Waals surface area contributed by atoms with Gasteiger partial charge in [0.1, 0.15) is 22.7 Å². The van der Waals surface area contributed by atoms with E-state index in [0.717, 1.165) is 43.4 Å². The second-order valence-corrected chi connectivity index (χ2v) is 9.33. The van der Waals surface area contributed by atoms with Gasteiger partial charge in [0.25, 0.3) is 0 Å². The van der Waals surface area contributed by atoms with Crippen molar-refractivity contribution in [2.24, 2.45) is 5.92 Å². The number of fused-ring (bicyclic) bond motifs is 2. The van der Waals surface area contributed by atoms with Gasteiger partial charge in [0.05, 0.1) is 22.0 Å². The highest BCUT2D eigenvalue weighted by Gasteiger charge is 2.60. The second-order valence-electron chi connectivity index (χ2n) is 8.89. The maximum atomic E-state index is 13.5. The number of aryl methyl sites for hydroxylation is 1. The number of nitrogens with two attached hydrogens (primary N) is 1. The van der Waals surface area contributed by atoms with Gasteiger partial charge in [0.15, 0.2) is 11.5 Å². The van der Waals surface area contributed by atoms with E-state index in [2.05, 4.69) is 27.2 Å². The summed E-state index contributed by atoms with van der Waals surface area (Å²) >= 11 is 6.07. The summed E-state index contributed by atoms with van der Waals surface area (Å²) in [4.78, 5) is 36.6. The molecule has 1 atom stereocenters. The molecule has 4 aromatic rings. The number of halogens is 1. The van der Waals surface area contributed by atoms with Crippen LogP contribution in [-0.4, -0.2) is 35.2 Å². The average molecular weight is 475 g/mol. The van der Waals surface area contributed by atoms with Gasteiger partial charge in [0, 0.05) is 24.8 Å². The van der Waals surface area contributed by atoms with Crippen molar-refractivity contribution in [3.8, 4) is 11.5 Å². The van der Waals surface area contributed by atoms with Crippen LogP contribution in [0.4, 0.5) is 11.6 Å². The Hall–Kier alpha value is -3.59. The minimum Gasteiger partial charge on any atom is -0.383 e. The molecule has 4 aromatic heterocycles. The third kappa shape index (κ3) is 3.07. The van der Waals surface area contributed by atoms with E-state index in [1.807, 2.05) is 16.8 Å². The van der Waals surface area contributed by atoms with E-state index in [1.54, 1.807) is 24.5 Å². The molecule has 1 saturated carbocycles. The molecule has 0 aromatic carbocycles. The van der Waals surface area contributed by atoms with Crippen molar-refractivity contribution in [2.75, 3.05) is 11.1 Å². The Bertz CT molecular complexity index is 1430. The number of nitrogens with zero attached hydrogens (tertiary/aromatic N) is 6. The van der Waals surface area contributed by atoms with E-state index in [9.17, 15) is 4.79 Å². The molecule has 1 amide bonds. The number of nitrogens with one attached hydrogen (secondary N) is 1. The molecule has 3 N–H and O–H groups in total. The molecular weight excluding hydrogens is 452 g/mol. The van der Waals surface area contributed by atoms with Crippen LogP contribution in [0.5, 0.6) is 0 Å². The summed E-state index contributed by atoms with van der Waals surface area (Å²) in [7, 11) is 0. The van der Waals surface area contributed by atoms with Gasteiger partial charge in [-0.05, 0) is 43.7 Å². The number of amides is 1. The minimum atomic E-state index is -1.02. The molecule has 0 spiro atoms. The Kier molecular flexibility index (Phi) is 4.77. The van der Waals surface area contributed by atoms with Crippen LogP contribution in [0.3, 0.4) is 0 Å². The zero-order valence-corrected chi connectivity index (χ0v) is 19.4. The lowest BCUT2D eigenvalue weighted by atomic mass is 9.74. The zero-order chi connectivity index (χ0) is 23.4. The number of anilines is 2. The Balaban J connectivity index is 1.50. The van der Waals surface area contributed by atoms with Gasteiger partial charge in [-0.15, -0.1) is 0 Å². The fraction of sp³-hybridized carbons (Fsp3) is 0.333. The van der Waals surface area contributed by atoms with Crippen molar-refractivity contribution in [3.63, 3.8) is 0 Å². The Morgan fingerprint density at radius 3 is 2.82 bits per heavy atom. The van der Waals surface area contributed by atoms with Crippen molar-refractivity contribution in [1.29, 1.82) is 0 Å². The molecular formula is C24H23ClN8O. The highest BCUT2D eigenvalue weighted by atomic mass is 35.5. The number of carbonyl (C=O) groups is 1. The lowest BCUT2D eigenvalue weighted by molar-refractivity contribution is -0.120. The summed E-state index contributed by atoms with van der Waals surface area (Å²) in [6, 6.07) is 3.53. The maximum absolute atomic E-state index is 13.5. The molecule has 0 saturated heterocycles. The minimum absolute atomic E-state index is 0.0836. The van der Waals surface area contributed by atoms with Gasteiger partial charge in [-0.3, -0.25) is 9.78 Å². The summed E-state index contributed by atoms with van der Waals surface area (Å²) in [6.45, 7) is 2.14. The zero-order valence-electron chi connectivity index (χ0n) is 18.6. The van der Waals surface area contributed by atoms with E-state index in [1.165, 1.54) is 0 Å². The molecule has 1 unspecified atom stereocenters. The molecule has 1 fully saturated rings. The van der Waals surface area contributed by atoms with Crippen LogP contribution in [0, 0.1) is 5.92 Å². The summed E-state index contributed by atoms with van der Waals surface area (Å²) in [5.74, 6) is 0.934. The first-order valence-corrected chi connectivity index (χ1v) is 11.8. The molecule has 10 heteroatoms. The molecule has 5 heterocycles. The lowest BCUT2D eigenvalue weighted by Gasteiger charge is -2.27. The summed E-state index contributed by atoms with van der Waals surface area (Å²) < 4.78 is 1.92.